The molecule has 0 saturated carbocycles. The van der Waals surface area contributed by atoms with E-state index in [2.05, 4.69) is 10.9 Å². The number of aliphatic carboxylic acids is 1. The number of hydrogen-bond acceptors (Lipinski definition) is 6. The quantitative estimate of drug-likeness (QED) is 0.485. The number of benzene rings is 2. The number of hydrogen-bond donors (Lipinski definition) is 3. The summed E-state index contributed by atoms with van der Waals surface area (Å²) in [4.78, 5) is 36.2. The van der Waals surface area contributed by atoms with Crippen molar-refractivity contribution in [3.8, 4) is 0 Å². The van der Waals surface area contributed by atoms with Gasteiger partial charge in [0.1, 0.15) is 12.1 Å². The third kappa shape index (κ3) is 10.1. The maximum absolute atomic E-state index is 12.7. The van der Waals surface area contributed by atoms with Gasteiger partial charge < -0.3 is 9.84 Å². The molecule has 0 aliphatic rings. The summed E-state index contributed by atoms with van der Waals surface area (Å²) >= 11 is 0. The second kappa shape index (κ2) is 11.8. The Balaban J connectivity index is 2.06. The van der Waals surface area contributed by atoms with E-state index in [0.29, 0.717) is 0 Å². The molecule has 9 heteroatoms. The highest BCUT2D eigenvalue weighted by atomic mass is 16.6. The zero-order valence-electron chi connectivity index (χ0n) is 18.6. The Bertz CT molecular complexity index is 884. The van der Waals surface area contributed by atoms with E-state index in [1.807, 2.05) is 60.7 Å². The van der Waals surface area contributed by atoms with Crippen molar-refractivity contribution in [2.75, 3.05) is 13.1 Å². The monoisotopic (exact) mass is 442 g/mol. The number of carboxylic acid groups (broad SMARTS) is 1. The van der Waals surface area contributed by atoms with Gasteiger partial charge in [-0.1, -0.05) is 60.7 Å². The van der Waals surface area contributed by atoms with Gasteiger partial charge in [-0.05, 0) is 31.9 Å². The molecule has 172 valence electrons. The zero-order valence-corrected chi connectivity index (χ0v) is 18.6. The first kappa shape index (κ1) is 24.8. The van der Waals surface area contributed by atoms with Crippen molar-refractivity contribution in [3.63, 3.8) is 0 Å². The molecule has 0 aliphatic heterocycles. The van der Waals surface area contributed by atoms with Crippen LogP contribution in [-0.2, 0) is 27.4 Å². The molecule has 0 aromatic heterocycles. The third-order valence-electron chi connectivity index (χ3n) is 4.02. The molecule has 32 heavy (non-hydrogen) atoms. The predicted octanol–water partition coefficient (Wildman–Crippen LogP) is 2.55. The van der Waals surface area contributed by atoms with Crippen LogP contribution >= 0.6 is 0 Å². The summed E-state index contributed by atoms with van der Waals surface area (Å²) in [6.45, 7) is 5.12. The van der Waals surface area contributed by atoms with Gasteiger partial charge in [-0.3, -0.25) is 20.4 Å². The van der Waals surface area contributed by atoms with E-state index in [9.17, 15) is 19.5 Å². The first-order chi connectivity index (χ1) is 15.1. The number of nitrogens with one attached hydrogen (secondary N) is 2. The van der Waals surface area contributed by atoms with Gasteiger partial charge in [-0.15, -0.1) is 0 Å². The number of hydrazine groups is 2. The Morgan fingerprint density at radius 3 is 1.72 bits per heavy atom. The fraction of sp³-hybridized carbons (Fsp3) is 0.348. The lowest BCUT2D eigenvalue weighted by atomic mass is 10.2. The minimum absolute atomic E-state index is 0.209. The summed E-state index contributed by atoms with van der Waals surface area (Å²) in [6.07, 6.45) is -0.687. The van der Waals surface area contributed by atoms with Crippen molar-refractivity contribution in [1.29, 1.82) is 0 Å². The second-order valence-corrected chi connectivity index (χ2v) is 8.23. The van der Waals surface area contributed by atoms with Crippen molar-refractivity contribution >= 4 is 18.0 Å². The van der Waals surface area contributed by atoms with Gasteiger partial charge in [0.15, 0.2) is 0 Å². The lowest BCUT2D eigenvalue weighted by Crippen LogP contribution is -2.52. The van der Waals surface area contributed by atoms with Crippen molar-refractivity contribution in [3.05, 3.63) is 71.8 Å². The van der Waals surface area contributed by atoms with Gasteiger partial charge in [0.05, 0.1) is 6.54 Å². The molecule has 0 aliphatic carbocycles. The van der Waals surface area contributed by atoms with E-state index < -0.39 is 23.6 Å². The fourth-order valence-electron chi connectivity index (χ4n) is 2.86. The van der Waals surface area contributed by atoms with Crippen LogP contribution in [0.3, 0.4) is 0 Å². The van der Waals surface area contributed by atoms with Crippen molar-refractivity contribution in [1.82, 2.24) is 20.9 Å². The first-order valence-electron chi connectivity index (χ1n) is 10.2. The maximum Gasteiger partial charge on any atom is 0.422 e. The normalized spacial score (nSPS) is 11.3. The van der Waals surface area contributed by atoms with Crippen molar-refractivity contribution in [2.45, 2.75) is 39.5 Å². The Hall–Kier alpha value is -3.43. The summed E-state index contributed by atoms with van der Waals surface area (Å²) in [7, 11) is 0. The topological polar surface area (TPSA) is 111 Å². The number of nitrogens with zero attached hydrogens (tertiary/aromatic N) is 2. The minimum atomic E-state index is -1.07. The SMILES string of the molecule is CC(C)(C)OC(=O)NN(CC(=O)NN(CC(=O)O)Cc1ccccc1)Cc1ccccc1. The van der Waals surface area contributed by atoms with Crippen LogP contribution < -0.4 is 10.9 Å². The molecule has 0 unspecified atom stereocenters. The molecule has 2 aromatic carbocycles. The van der Waals surface area contributed by atoms with E-state index >= 15 is 0 Å². The average Bonchev–Trinajstić information content (AvgIpc) is 2.67. The number of carbonyl (C=O) groups is 3. The van der Waals surface area contributed by atoms with Crippen molar-refractivity contribution < 1.29 is 24.2 Å². The Morgan fingerprint density at radius 2 is 1.28 bits per heavy atom. The number of carbonyl (C=O) groups excluding carboxylic acids is 2. The molecule has 0 radical (unpaired) electrons. The van der Waals surface area contributed by atoms with Crippen LogP contribution in [0.5, 0.6) is 0 Å². The lowest BCUT2D eigenvalue weighted by Gasteiger charge is -2.27. The summed E-state index contributed by atoms with van der Waals surface area (Å²) < 4.78 is 5.29. The smallest absolute Gasteiger partial charge is 0.422 e. The van der Waals surface area contributed by atoms with E-state index in [-0.39, 0.29) is 26.2 Å². The molecule has 3 N–H and O–H groups in total. The summed E-state index contributed by atoms with van der Waals surface area (Å²) in [5, 5.41) is 11.9. The zero-order chi connectivity index (χ0) is 23.6. The van der Waals surface area contributed by atoms with Crippen LogP contribution in [0.15, 0.2) is 60.7 Å². The van der Waals surface area contributed by atoms with Crippen LogP contribution in [0.25, 0.3) is 0 Å². The third-order valence-corrected chi connectivity index (χ3v) is 4.02. The number of amides is 2. The highest BCUT2D eigenvalue weighted by Crippen LogP contribution is 2.08. The van der Waals surface area contributed by atoms with Crippen LogP contribution in [0, 0.1) is 0 Å². The van der Waals surface area contributed by atoms with E-state index in [1.165, 1.54) is 10.0 Å². The highest BCUT2D eigenvalue weighted by Gasteiger charge is 2.21. The predicted molar refractivity (Wildman–Crippen MR) is 119 cm³/mol. The Labute approximate surface area is 187 Å². The molecule has 0 saturated heterocycles. The molecular formula is C23H30N4O5. The van der Waals surface area contributed by atoms with Gasteiger partial charge in [0.25, 0.3) is 0 Å². The lowest BCUT2D eigenvalue weighted by molar-refractivity contribution is -0.141. The van der Waals surface area contributed by atoms with Crippen LogP contribution in [-0.4, -0.2) is 51.8 Å². The largest absolute Gasteiger partial charge is 0.480 e. The molecule has 2 rings (SSSR count). The van der Waals surface area contributed by atoms with Gasteiger partial charge in [-0.25, -0.2) is 14.8 Å². The standard InChI is InChI=1S/C23H30N4O5/c1-23(2,3)32-22(31)25-26(14-18-10-6-4-7-11-18)16-20(28)24-27(17-21(29)30)15-19-12-8-5-9-13-19/h4-13H,14-17H2,1-3H3,(H,24,28)(H,25,31)(H,29,30). The summed E-state index contributed by atoms with van der Waals surface area (Å²) in [5.41, 5.74) is 6.24. The first-order valence-corrected chi connectivity index (χ1v) is 10.2. The molecule has 2 amide bonds. The van der Waals surface area contributed by atoms with Gasteiger partial charge in [0, 0.05) is 13.1 Å². The van der Waals surface area contributed by atoms with E-state index in [0.717, 1.165) is 11.1 Å². The molecule has 0 fully saturated rings. The Morgan fingerprint density at radius 1 is 0.812 bits per heavy atom. The number of rotatable bonds is 10. The molecule has 0 bridgehead atoms. The molecule has 0 heterocycles. The van der Waals surface area contributed by atoms with E-state index in [4.69, 9.17) is 4.74 Å². The summed E-state index contributed by atoms with van der Waals surface area (Å²) in [5.74, 6) is -1.55. The number of ether oxygens (including phenoxy) is 1. The van der Waals surface area contributed by atoms with E-state index in [1.54, 1.807) is 20.8 Å². The molecule has 2 aromatic rings. The molecule has 0 atom stereocenters. The fourth-order valence-corrected chi connectivity index (χ4v) is 2.86. The maximum atomic E-state index is 12.7. The second-order valence-electron chi connectivity index (χ2n) is 8.23. The minimum Gasteiger partial charge on any atom is -0.480 e. The van der Waals surface area contributed by atoms with Gasteiger partial charge in [0.2, 0.25) is 5.91 Å². The van der Waals surface area contributed by atoms with Crippen LogP contribution in [0.2, 0.25) is 0 Å². The van der Waals surface area contributed by atoms with Crippen LogP contribution in [0.4, 0.5) is 4.79 Å². The summed E-state index contributed by atoms with van der Waals surface area (Å²) in [6, 6.07) is 18.5. The van der Waals surface area contributed by atoms with Gasteiger partial charge >= 0.3 is 12.1 Å². The number of carboxylic acids is 1. The Kier molecular flexibility index (Phi) is 9.18. The van der Waals surface area contributed by atoms with Gasteiger partial charge in [-0.2, -0.15) is 0 Å². The highest BCUT2D eigenvalue weighted by molar-refractivity contribution is 5.78. The average molecular weight is 443 g/mol. The molecular weight excluding hydrogens is 412 g/mol. The van der Waals surface area contributed by atoms with Crippen molar-refractivity contribution in [2.24, 2.45) is 0 Å². The molecule has 9 nitrogen and oxygen atoms in total. The van der Waals surface area contributed by atoms with Crippen LogP contribution in [0.1, 0.15) is 31.9 Å². The molecule has 0 spiro atoms.